The number of nitrogens with one attached hydrogen (secondary N) is 2. The van der Waals surface area contributed by atoms with Crippen LogP contribution in [-0.4, -0.2) is 42.1 Å². The lowest BCUT2D eigenvalue weighted by Gasteiger charge is -2.39. The maximum atomic E-state index is 5.44. The molecule has 0 spiro atoms. The average molecular weight is 534 g/mol. The quantitative estimate of drug-likeness (QED) is 0.222. The molecule has 168 valence electrons. The second kappa shape index (κ2) is 11.7. The normalized spacial score (nSPS) is 23.3. The average Bonchev–Trinajstić information content (AvgIpc) is 3.33. The van der Waals surface area contributed by atoms with Crippen LogP contribution in [0.25, 0.3) is 0 Å². The first-order valence-electron chi connectivity index (χ1n) is 11.2. The van der Waals surface area contributed by atoms with Gasteiger partial charge in [-0.3, -0.25) is 4.90 Å². The van der Waals surface area contributed by atoms with Crippen LogP contribution in [0.1, 0.15) is 43.9 Å². The zero-order valence-electron chi connectivity index (χ0n) is 18.4. The van der Waals surface area contributed by atoms with E-state index in [0.717, 1.165) is 36.8 Å². The van der Waals surface area contributed by atoms with Crippen molar-refractivity contribution in [2.75, 3.05) is 13.1 Å². The van der Waals surface area contributed by atoms with E-state index in [9.17, 15) is 0 Å². The number of guanidine groups is 1. The second-order valence-electron chi connectivity index (χ2n) is 8.73. The Labute approximate surface area is 203 Å². The molecule has 4 rings (SSSR count). The Morgan fingerprint density at radius 3 is 2.52 bits per heavy atom. The third-order valence-corrected chi connectivity index (χ3v) is 6.18. The lowest BCUT2D eigenvalue weighted by atomic mass is 9.96. The zero-order chi connectivity index (χ0) is 20.8. The molecule has 2 aliphatic heterocycles. The maximum Gasteiger partial charge on any atom is 0.191 e. The van der Waals surface area contributed by atoms with Crippen LogP contribution in [0.15, 0.2) is 70.3 Å². The van der Waals surface area contributed by atoms with Crippen LogP contribution in [0.3, 0.4) is 0 Å². The van der Waals surface area contributed by atoms with E-state index in [2.05, 4.69) is 52.4 Å². The summed E-state index contributed by atoms with van der Waals surface area (Å²) < 4.78 is 5.44. The molecule has 2 aliphatic rings. The third kappa shape index (κ3) is 6.84. The standard InChI is InChI=1S/C25H34N4O.HI/c1-19(2)17-27-25(26-13-12-24-9-6-14-30-24)28-21-15-22-10-11-23(16-21)29(22)18-20-7-4-3-5-8-20;/h3-9,14,21-23H,1,10-13,15-18H2,2H3,(H2,26,27,28);1H. The number of halogens is 1. The largest absolute Gasteiger partial charge is 0.469 e. The van der Waals surface area contributed by atoms with Crippen LogP contribution in [0.2, 0.25) is 0 Å². The van der Waals surface area contributed by atoms with Gasteiger partial charge in [0.15, 0.2) is 5.96 Å². The molecule has 2 aromatic rings. The Balaban J connectivity index is 0.00000272. The molecule has 2 atom stereocenters. The summed E-state index contributed by atoms with van der Waals surface area (Å²) in [6, 6.07) is 16.6. The van der Waals surface area contributed by atoms with Gasteiger partial charge in [0.25, 0.3) is 0 Å². The molecule has 31 heavy (non-hydrogen) atoms. The zero-order valence-corrected chi connectivity index (χ0v) is 20.8. The predicted molar refractivity (Wildman–Crippen MR) is 138 cm³/mol. The predicted octanol–water partition coefficient (Wildman–Crippen LogP) is 4.75. The van der Waals surface area contributed by atoms with E-state index in [1.807, 2.05) is 19.1 Å². The van der Waals surface area contributed by atoms with Crippen molar-refractivity contribution < 1.29 is 4.42 Å². The van der Waals surface area contributed by atoms with Crippen molar-refractivity contribution in [3.63, 3.8) is 0 Å². The van der Waals surface area contributed by atoms with Gasteiger partial charge in [-0.2, -0.15) is 0 Å². The Morgan fingerprint density at radius 2 is 1.87 bits per heavy atom. The van der Waals surface area contributed by atoms with Crippen LogP contribution in [0.4, 0.5) is 0 Å². The summed E-state index contributed by atoms with van der Waals surface area (Å²) in [7, 11) is 0. The van der Waals surface area contributed by atoms with E-state index >= 15 is 0 Å². The Morgan fingerprint density at radius 1 is 1.13 bits per heavy atom. The lowest BCUT2D eigenvalue weighted by molar-refractivity contribution is 0.114. The Hall–Kier alpha value is -1.80. The molecule has 5 nitrogen and oxygen atoms in total. The molecular weight excluding hydrogens is 499 g/mol. The number of nitrogens with zero attached hydrogens (tertiary/aromatic N) is 2. The highest BCUT2D eigenvalue weighted by Gasteiger charge is 2.40. The third-order valence-electron chi connectivity index (χ3n) is 6.18. The molecule has 2 unspecified atom stereocenters. The number of aliphatic imine (C=N–C) groups is 1. The molecule has 2 bridgehead atoms. The van der Waals surface area contributed by atoms with E-state index in [1.165, 1.54) is 31.2 Å². The van der Waals surface area contributed by atoms with Gasteiger partial charge in [-0.05, 0) is 50.3 Å². The van der Waals surface area contributed by atoms with Gasteiger partial charge in [0, 0.05) is 37.6 Å². The molecule has 2 N–H and O–H groups in total. The lowest BCUT2D eigenvalue weighted by Crippen LogP contribution is -2.52. The molecule has 0 aliphatic carbocycles. The molecule has 6 heteroatoms. The minimum atomic E-state index is 0. The first-order chi connectivity index (χ1) is 14.7. The number of fused-ring (bicyclic) bond motifs is 2. The highest BCUT2D eigenvalue weighted by atomic mass is 127. The Bertz CT molecular complexity index is 822. The SMILES string of the molecule is C=C(C)CN=C(NCCc1ccco1)NC1CC2CCC(C1)N2Cc1ccccc1.I. The summed E-state index contributed by atoms with van der Waals surface area (Å²) >= 11 is 0. The summed E-state index contributed by atoms with van der Waals surface area (Å²) in [5.74, 6) is 1.89. The molecule has 0 radical (unpaired) electrons. The van der Waals surface area contributed by atoms with E-state index in [-0.39, 0.29) is 24.0 Å². The van der Waals surface area contributed by atoms with Crippen LogP contribution >= 0.6 is 24.0 Å². The van der Waals surface area contributed by atoms with Gasteiger partial charge in [-0.25, -0.2) is 4.99 Å². The van der Waals surface area contributed by atoms with Crippen LogP contribution in [-0.2, 0) is 13.0 Å². The summed E-state index contributed by atoms with van der Waals surface area (Å²) in [6.45, 7) is 8.53. The van der Waals surface area contributed by atoms with E-state index in [1.54, 1.807) is 6.26 Å². The van der Waals surface area contributed by atoms with Crippen molar-refractivity contribution in [3.8, 4) is 0 Å². The molecule has 2 fully saturated rings. The van der Waals surface area contributed by atoms with Crippen molar-refractivity contribution in [3.05, 3.63) is 72.2 Å². The van der Waals surface area contributed by atoms with Gasteiger partial charge < -0.3 is 15.1 Å². The van der Waals surface area contributed by atoms with Crippen molar-refractivity contribution in [2.45, 2.75) is 63.7 Å². The molecule has 3 heterocycles. The van der Waals surface area contributed by atoms with Gasteiger partial charge in [-0.1, -0.05) is 42.5 Å². The summed E-state index contributed by atoms with van der Waals surface area (Å²) in [4.78, 5) is 7.47. The molecular formula is C25H35IN4O. The van der Waals surface area contributed by atoms with Crippen molar-refractivity contribution in [1.82, 2.24) is 15.5 Å². The number of benzene rings is 1. The molecule has 1 aromatic heterocycles. The van der Waals surface area contributed by atoms with Crippen LogP contribution in [0, 0.1) is 0 Å². The number of piperidine rings is 1. The van der Waals surface area contributed by atoms with Crippen LogP contribution in [0.5, 0.6) is 0 Å². The minimum Gasteiger partial charge on any atom is -0.469 e. The molecule has 0 saturated carbocycles. The number of hydrogen-bond acceptors (Lipinski definition) is 3. The highest BCUT2D eigenvalue weighted by molar-refractivity contribution is 14.0. The fraction of sp³-hybridized carbons (Fsp3) is 0.480. The van der Waals surface area contributed by atoms with Gasteiger partial charge in [0.2, 0.25) is 0 Å². The Kier molecular flexibility index (Phi) is 9.02. The molecule has 0 amide bonds. The van der Waals surface area contributed by atoms with Crippen molar-refractivity contribution >= 4 is 29.9 Å². The van der Waals surface area contributed by atoms with Gasteiger partial charge in [0.1, 0.15) is 5.76 Å². The number of hydrogen-bond donors (Lipinski definition) is 2. The summed E-state index contributed by atoms with van der Waals surface area (Å²) in [6.07, 6.45) is 7.54. The van der Waals surface area contributed by atoms with E-state index in [4.69, 9.17) is 9.41 Å². The smallest absolute Gasteiger partial charge is 0.191 e. The highest BCUT2D eigenvalue weighted by Crippen LogP contribution is 2.36. The maximum absolute atomic E-state index is 5.44. The van der Waals surface area contributed by atoms with Gasteiger partial charge >= 0.3 is 0 Å². The van der Waals surface area contributed by atoms with Gasteiger partial charge in [0.05, 0.1) is 12.8 Å². The van der Waals surface area contributed by atoms with E-state index in [0.29, 0.717) is 24.7 Å². The number of furan rings is 1. The fourth-order valence-electron chi connectivity index (χ4n) is 4.76. The molecule has 2 saturated heterocycles. The molecule has 1 aromatic carbocycles. The first-order valence-corrected chi connectivity index (χ1v) is 11.2. The van der Waals surface area contributed by atoms with Crippen LogP contribution < -0.4 is 10.6 Å². The number of rotatable bonds is 8. The van der Waals surface area contributed by atoms with E-state index < -0.39 is 0 Å². The first kappa shape index (κ1) is 23.9. The van der Waals surface area contributed by atoms with Gasteiger partial charge in [-0.15, -0.1) is 24.0 Å². The van der Waals surface area contributed by atoms with Crippen molar-refractivity contribution in [1.29, 1.82) is 0 Å². The minimum absolute atomic E-state index is 0. The fourth-order valence-corrected chi connectivity index (χ4v) is 4.76. The monoisotopic (exact) mass is 534 g/mol. The summed E-state index contributed by atoms with van der Waals surface area (Å²) in [5, 5.41) is 7.20. The van der Waals surface area contributed by atoms with Crippen molar-refractivity contribution in [2.24, 2.45) is 4.99 Å². The second-order valence-corrected chi connectivity index (χ2v) is 8.73. The topological polar surface area (TPSA) is 52.8 Å². The summed E-state index contributed by atoms with van der Waals surface area (Å²) in [5.41, 5.74) is 2.49.